The first-order valence-corrected chi connectivity index (χ1v) is 14.1. The van der Waals surface area contributed by atoms with Crippen molar-refractivity contribution in [1.82, 2.24) is 0 Å². The van der Waals surface area contributed by atoms with Crippen LogP contribution in [0.3, 0.4) is 0 Å². The van der Waals surface area contributed by atoms with Crippen LogP contribution in [-0.4, -0.2) is 17.3 Å². The fraction of sp³-hybridized carbons (Fsp3) is 0.270. The second-order valence-corrected chi connectivity index (χ2v) is 10.6. The first kappa shape index (κ1) is 28.9. The minimum Gasteiger partial charge on any atom is -0.285 e. The minimum absolute atomic E-state index is 0.366. The van der Waals surface area contributed by atoms with Crippen molar-refractivity contribution >= 4 is 17.3 Å². The van der Waals surface area contributed by atoms with Crippen LogP contribution in [0.5, 0.6) is 0 Å². The summed E-state index contributed by atoms with van der Waals surface area (Å²) < 4.78 is 0. The van der Waals surface area contributed by atoms with E-state index in [0.717, 1.165) is 66.8 Å². The van der Waals surface area contributed by atoms with Crippen LogP contribution in [0.15, 0.2) is 60.7 Å². The molecule has 0 unspecified atom stereocenters. The summed E-state index contributed by atoms with van der Waals surface area (Å²) in [5.41, 5.74) is 11.9. The Morgan fingerprint density at radius 2 is 0.800 bits per heavy atom. The van der Waals surface area contributed by atoms with Crippen LogP contribution < -0.4 is 0 Å². The van der Waals surface area contributed by atoms with Gasteiger partial charge in [0.15, 0.2) is 0 Å². The van der Waals surface area contributed by atoms with Crippen molar-refractivity contribution in [3.05, 3.63) is 116 Å². The Balaban J connectivity index is 1.92. The molecule has 0 aliphatic heterocycles. The Hall–Kier alpha value is -4.11. The van der Waals surface area contributed by atoms with E-state index in [1.807, 2.05) is 102 Å². The molecule has 204 valence electrons. The van der Waals surface area contributed by atoms with Crippen molar-refractivity contribution < 1.29 is 14.4 Å². The molecule has 0 spiro atoms. The van der Waals surface area contributed by atoms with Gasteiger partial charge in [-0.2, -0.15) is 0 Å². The zero-order chi connectivity index (χ0) is 29.3. The molecule has 0 aliphatic carbocycles. The Labute approximate surface area is 238 Å². The van der Waals surface area contributed by atoms with Gasteiger partial charge in [0.2, 0.25) is 11.6 Å². The average Bonchev–Trinajstić information content (AvgIpc) is 2.96. The van der Waals surface area contributed by atoms with Crippen LogP contribution >= 0.6 is 0 Å². The summed E-state index contributed by atoms with van der Waals surface area (Å²) >= 11 is 0. The largest absolute Gasteiger partial charge is 0.285 e. The van der Waals surface area contributed by atoms with Gasteiger partial charge in [-0.25, -0.2) is 0 Å². The average molecular weight is 531 g/mol. The smallest absolute Gasteiger partial charge is 0.273 e. The molecule has 0 radical (unpaired) electrons. The minimum atomic E-state index is -0.972. The lowest BCUT2D eigenvalue weighted by atomic mass is 9.79. The number of carbonyl (C=O) groups is 3. The van der Waals surface area contributed by atoms with Crippen molar-refractivity contribution in [3.63, 3.8) is 0 Å². The van der Waals surface area contributed by atoms with Crippen molar-refractivity contribution in [2.45, 2.75) is 68.2 Å². The molecule has 0 bridgehead atoms. The lowest BCUT2D eigenvalue weighted by molar-refractivity contribution is -0.111. The predicted molar refractivity (Wildman–Crippen MR) is 165 cm³/mol. The molecule has 0 aromatic heterocycles. The molecule has 0 heterocycles. The molecule has 0 amide bonds. The number of Topliss-reactive ketones (excluding diaryl/α,β-unsaturated/α-hetero) is 3. The summed E-state index contributed by atoms with van der Waals surface area (Å²) in [4.78, 5) is 42.0. The highest BCUT2D eigenvalue weighted by Gasteiger charge is 2.33. The van der Waals surface area contributed by atoms with Crippen LogP contribution in [0.25, 0.3) is 22.3 Å². The standard InChI is InChI=1S/C37H38O3/c1-9-29-21(3)23(5)31(27-17-13-11-14-18-27)25(7)33(29)35(38)37(40)36(39)34-26(8)32(28-19-15-12-16-20-28)24(6)22(4)30(34)10-2/h11-20H,9-10H2,1-8H3. The van der Waals surface area contributed by atoms with Gasteiger partial charge in [-0.05, 0) is 121 Å². The van der Waals surface area contributed by atoms with E-state index in [1.54, 1.807) is 0 Å². The summed E-state index contributed by atoms with van der Waals surface area (Å²) in [5, 5.41) is 0. The Morgan fingerprint density at radius 1 is 0.475 bits per heavy atom. The number of hydrogen-bond acceptors (Lipinski definition) is 3. The van der Waals surface area contributed by atoms with Gasteiger partial charge in [-0.15, -0.1) is 0 Å². The summed E-state index contributed by atoms with van der Waals surface area (Å²) in [6.07, 6.45) is 1.18. The van der Waals surface area contributed by atoms with Gasteiger partial charge in [0.05, 0.1) is 0 Å². The van der Waals surface area contributed by atoms with Gasteiger partial charge in [0.25, 0.3) is 5.78 Å². The van der Waals surface area contributed by atoms with E-state index < -0.39 is 17.3 Å². The summed E-state index contributed by atoms with van der Waals surface area (Å²) in [6.45, 7) is 15.9. The van der Waals surface area contributed by atoms with Gasteiger partial charge < -0.3 is 0 Å². The zero-order valence-electron chi connectivity index (χ0n) is 24.9. The lowest BCUT2D eigenvalue weighted by Gasteiger charge is -2.22. The highest BCUT2D eigenvalue weighted by atomic mass is 16.2. The maximum Gasteiger partial charge on any atom is 0.273 e. The molecule has 3 nitrogen and oxygen atoms in total. The van der Waals surface area contributed by atoms with E-state index in [-0.39, 0.29) is 0 Å². The summed E-state index contributed by atoms with van der Waals surface area (Å²) in [6, 6.07) is 19.8. The Morgan fingerprint density at radius 3 is 1.10 bits per heavy atom. The van der Waals surface area contributed by atoms with Gasteiger partial charge in [0.1, 0.15) is 0 Å². The van der Waals surface area contributed by atoms with E-state index in [2.05, 4.69) is 13.8 Å². The number of rotatable bonds is 8. The van der Waals surface area contributed by atoms with Crippen molar-refractivity contribution in [3.8, 4) is 22.3 Å². The van der Waals surface area contributed by atoms with Crippen LogP contribution in [0.2, 0.25) is 0 Å². The summed E-state index contributed by atoms with van der Waals surface area (Å²) in [7, 11) is 0. The van der Waals surface area contributed by atoms with E-state index in [0.29, 0.717) is 24.0 Å². The monoisotopic (exact) mass is 530 g/mol. The molecular formula is C37H38O3. The molecule has 0 atom stereocenters. The lowest BCUT2D eigenvalue weighted by Crippen LogP contribution is -2.28. The van der Waals surface area contributed by atoms with Crippen LogP contribution in [0, 0.1) is 41.5 Å². The molecule has 0 saturated carbocycles. The molecule has 0 N–H and O–H groups in total. The first-order valence-electron chi connectivity index (χ1n) is 14.1. The quantitative estimate of drug-likeness (QED) is 0.130. The van der Waals surface area contributed by atoms with Gasteiger partial charge >= 0.3 is 0 Å². The highest BCUT2D eigenvalue weighted by molar-refractivity contribution is 6.70. The Kier molecular flexibility index (Phi) is 8.34. The molecule has 4 rings (SSSR count). The van der Waals surface area contributed by atoms with E-state index in [4.69, 9.17) is 0 Å². The molecule has 3 heteroatoms. The van der Waals surface area contributed by atoms with Gasteiger partial charge in [-0.3, -0.25) is 14.4 Å². The first-order chi connectivity index (χ1) is 19.1. The fourth-order valence-corrected chi connectivity index (χ4v) is 6.37. The summed E-state index contributed by atoms with van der Waals surface area (Å²) in [5.74, 6) is -2.42. The topological polar surface area (TPSA) is 51.2 Å². The number of ketones is 3. The second kappa shape index (κ2) is 11.6. The Bertz CT molecular complexity index is 1520. The molecule has 4 aromatic rings. The van der Waals surface area contributed by atoms with E-state index in [1.165, 1.54) is 0 Å². The highest BCUT2D eigenvalue weighted by Crippen LogP contribution is 2.37. The zero-order valence-corrected chi connectivity index (χ0v) is 24.9. The maximum absolute atomic E-state index is 14.1. The van der Waals surface area contributed by atoms with Crippen molar-refractivity contribution in [1.29, 1.82) is 0 Å². The van der Waals surface area contributed by atoms with Gasteiger partial charge in [-0.1, -0.05) is 74.5 Å². The predicted octanol–water partition coefficient (Wildman–Crippen LogP) is 8.63. The molecule has 0 saturated heterocycles. The normalized spacial score (nSPS) is 11.0. The molecule has 0 fully saturated rings. The third-order valence-electron chi connectivity index (χ3n) is 8.58. The van der Waals surface area contributed by atoms with Crippen LogP contribution in [-0.2, 0) is 17.6 Å². The molecule has 4 aromatic carbocycles. The number of benzene rings is 4. The molecule has 0 aliphatic rings. The van der Waals surface area contributed by atoms with Crippen molar-refractivity contribution in [2.75, 3.05) is 0 Å². The van der Waals surface area contributed by atoms with Crippen LogP contribution in [0.1, 0.15) is 79.1 Å². The molecule has 40 heavy (non-hydrogen) atoms. The molecular weight excluding hydrogens is 492 g/mol. The van der Waals surface area contributed by atoms with E-state index >= 15 is 0 Å². The second-order valence-electron chi connectivity index (χ2n) is 10.6. The number of hydrogen-bond donors (Lipinski definition) is 0. The van der Waals surface area contributed by atoms with Gasteiger partial charge in [0, 0.05) is 11.1 Å². The van der Waals surface area contributed by atoms with Crippen LogP contribution in [0.4, 0.5) is 0 Å². The van der Waals surface area contributed by atoms with Crippen molar-refractivity contribution in [2.24, 2.45) is 0 Å². The van der Waals surface area contributed by atoms with E-state index in [9.17, 15) is 14.4 Å². The SMILES string of the molecule is CCc1c(C)c(C)c(-c2ccccc2)c(C)c1C(=O)C(=O)C(=O)c1c(C)c(-c2ccccc2)c(C)c(C)c1CC. The third kappa shape index (κ3) is 4.75. The maximum atomic E-state index is 14.1. The third-order valence-corrected chi connectivity index (χ3v) is 8.58. The fourth-order valence-electron chi connectivity index (χ4n) is 6.37. The number of carbonyl (C=O) groups excluding carboxylic acids is 3.